The lowest BCUT2D eigenvalue weighted by Crippen LogP contribution is -2.59. The topological polar surface area (TPSA) is 61.6 Å². The van der Waals surface area contributed by atoms with Gasteiger partial charge in [-0.05, 0) is 80.0 Å². The first kappa shape index (κ1) is 24.1. The molecular weight excluding hydrogens is 472 g/mol. The van der Waals surface area contributed by atoms with E-state index in [1.807, 2.05) is 0 Å². The van der Waals surface area contributed by atoms with Crippen LogP contribution in [0.2, 0.25) is 0 Å². The van der Waals surface area contributed by atoms with Gasteiger partial charge < -0.3 is 14.7 Å². The van der Waals surface area contributed by atoms with Crippen LogP contribution < -0.4 is 5.32 Å². The summed E-state index contributed by atoms with van der Waals surface area (Å²) in [6, 6.07) is 19.0. The zero-order valence-electron chi connectivity index (χ0n) is 22.4. The van der Waals surface area contributed by atoms with Crippen LogP contribution in [0.3, 0.4) is 0 Å². The molecule has 1 saturated heterocycles. The summed E-state index contributed by atoms with van der Waals surface area (Å²) < 4.78 is 5.61. The molecule has 0 unspecified atom stereocenters. The van der Waals surface area contributed by atoms with E-state index in [0.717, 1.165) is 75.3 Å². The van der Waals surface area contributed by atoms with E-state index in [2.05, 4.69) is 75.9 Å². The number of rotatable bonds is 6. The first-order valence-corrected chi connectivity index (χ1v) is 14.4. The minimum Gasteiger partial charge on any atom is -0.355 e. The van der Waals surface area contributed by atoms with Crippen molar-refractivity contribution in [1.29, 1.82) is 0 Å². The van der Waals surface area contributed by atoms with E-state index in [-0.39, 0.29) is 11.4 Å². The predicted molar refractivity (Wildman–Crippen MR) is 149 cm³/mol. The van der Waals surface area contributed by atoms with Gasteiger partial charge in [0.2, 0.25) is 0 Å². The van der Waals surface area contributed by atoms with Gasteiger partial charge in [-0.1, -0.05) is 53.7 Å². The molecule has 38 heavy (non-hydrogen) atoms. The third-order valence-electron chi connectivity index (χ3n) is 9.62. The summed E-state index contributed by atoms with van der Waals surface area (Å²) in [6.45, 7) is 5.56. The Bertz CT molecular complexity index is 1250. The van der Waals surface area contributed by atoms with E-state index in [4.69, 9.17) is 4.52 Å². The maximum atomic E-state index is 13.1. The van der Waals surface area contributed by atoms with Crippen molar-refractivity contribution in [2.45, 2.75) is 50.6 Å². The van der Waals surface area contributed by atoms with E-state index in [1.165, 1.54) is 36.0 Å². The van der Waals surface area contributed by atoms with E-state index in [0.29, 0.717) is 11.5 Å². The smallest absolute Gasteiger partial charge is 0.273 e. The number of hydrogen-bond acceptors (Lipinski definition) is 5. The summed E-state index contributed by atoms with van der Waals surface area (Å²) >= 11 is 0. The normalized spacial score (nSPS) is 29.0. The molecule has 1 N–H and O–H groups in total. The third kappa shape index (κ3) is 4.80. The lowest BCUT2D eigenvalue weighted by molar-refractivity contribution is -0.0168. The highest BCUT2D eigenvalue weighted by Gasteiger charge is 2.51. The fourth-order valence-corrected chi connectivity index (χ4v) is 7.98. The Balaban J connectivity index is 0.990. The van der Waals surface area contributed by atoms with Crippen LogP contribution in [0.1, 0.15) is 54.6 Å². The molecule has 0 atom stereocenters. The third-order valence-corrected chi connectivity index (χ3v) is 9.62. The first-order valence-electron chi connectivity index (χ1n) is 14.4. The number of aromatic nitrogens is 1. The fourth-order valence-electron chi connectivity index (χ4n) is 7.98. The summed E-state index contributed by atoms with van der Waals surface area (Å²) in [6.07, 6.45) is 7.48. The molecule has 3 aromatic rings. The van der Waals surface area contributed by atoms with E-state index >= 15 is 0 Å². The van der Waals surface area contributed by atoms with Crippen molar-refractivity contribution >= 4 is 5.91 Å². The molecule has 0 spiro atoms. The molecule has 1 aliphatic heterocycles. The number of carbonyl (C=O) groups is 1. The van der Waals surface area contributed by atoms with Crippen LogP contribution in [0, 0.1) is 17.8 Å². The van der Waals surface area contributed by atoms with Gasteiger partial charge in [-0.15, -0.1) is 0 Å². The Morgan fingerprint density at radius 3 is 2.03 bits per heavy atom. The Hall–Kier alpha value is -2.96. The average Bonchev–Trinajstić information content (AvgIpc) is 3.40. The maximum Gasteiger partial charge on any atom is 0.273 e. The zero-order chi connectivity index (χ0) is 25.7. The van der Waals surface area contributed by atoms with Crippen molar-refractivity contribution in [3.63, 3.8) is 0 Å². The van der Waals surface area contributed by atoms with Crippen molar-refractivity contribution in [3.05, 3.63) is 65.9 Å². The molecule has 0 radical (unpaired) electrons. The van der Waals surface area contributed by atoms with E-state index in [9.17, 15) is 4.79 Å². The van der Waals surface area contributed by atoms with E-state index < -0.39 is 0 Å². The predicted octanol–water partition coefficient (Wildman–Crippen LogP) is 5.45. The second-order valence-corrected chi connectivity index (χ2v) is 12.6. The van der Waals surface area contributed by atoms with Crippen LogP contribution in [0.4, 0.5) is 0 Å². The summed E-state index contributed by atoms with van der Waals surface area (Å²) in [4.78, 5) is 18.1. The molecule has 1 aromatic heterocycles. The molecule has 8 rings (SSSR count). The second kappa shape index (κ2) is 9.65. The van der Waals surface area contributed by atoms with Gasteiger partial charge in [0.15, 0.2) is 11.5 Å². The number of benzene rings is 2. The molecular formula is C32H38N4O2. The largest absolute Gasteiger partial charge is 0.355 e. The van der Waals surface area contributed by atoms with Gasteiger partial charge >= 0.3 is 0 Å². The van der Waals surface area contributed by atoms with Crippen LogP contribution in [0.25, 0.3) is 22.5 Å². The second-order valence-electron chi connectivity index (χ2n) is 12.6. The van der Waals surface area contributed by atoms with Crippen molar-refractivity contribution in [2.24, 2.45) is 17.8 Å². The number of piperazine rings is 1. The highest BCUT2D eigenvalue weighted by atomic mass is 16.5. The molecule has 5 fully saturated rings. The Labute approximate surface area is 225 Å². The van der Waals surface area contributed by atoms with Gasteiger partial charge in [0.1, 0.15) is 0 Å². The number of nitrogens with zero attached hydrogens (tertiary/aromatic N) is 3. The Morgan fingerprint density at radius 1 is 0.868 bits per heavy atom. The lowest BCUT2D eigenvalue weighted by Gasteiger charge is -2.56. The van der Waals surface area contributed by atoms with Crippen LogP contribution in [0.15, 0.2) is 59.1 Å². The summed E-state index contributed by atoms with van der Waals surface area (Å²) in [7, 11) is 2.19. The fraction of sp³-hybridized carbons (Fsp3) is 0.500. The molecule has 1 amide bonds. The number of carbonyl (C=O) groups excluding carboxylic acids is 1. The standard InChI is InChI=1S/C32H38N4O2/c1-35-10-12-36(13-11-35)21-22-2-4-26(5-3-22)27-6-8-28(9-7-27)30-17-29(34-38-30)31(37)33-32-18-23-14-24(19-32)16-25(15-23)20-32/h2-9,17,23-25H,10-16,18-21H2,1H3,(H,33,37). The maximum absolute atomic E-state index is 13.1. The van der Waals surface area contributed by atoms with Crippen LogP contribution in [-0.2, 0) is 6.54 Å². The number of nitrogens with one attached hydrogen (secondary N) is 1. The quantitative estimate of drug-likeness (QED) is 0.478. The first-order chi connectivity index (χ1) is 18.5. The zero-order valence-corrected chi connectivity index (χ0v) is 22.4. The molecule has 198 valence electrons. The minimum atomic E-state index is -0.0877. The van der Waals surface area contributed by atoms with Gasteiger partial charge in [-0.2, -0.15) is 0 Å². The van der Waals surface area contributed by atoms with Gasteiger partial charge in [-0.25, -0.2) is 0 Å². The average molecular weight is 511 g/mol. The van der Waals surface area contributed by atoms with Gasteiger partial charge in [-0.3, -0.25) is 9.69 Å². The molecule has 2 aromatic carbocycles. The van der Waals surface area contributed by atoms with Crippen molar-refractivity contribution in [1.82, 2.24) is 20.3 Å². The summed E-state index contributed by atoms with van der Waals surface area (Å²) in [5.74, 6) is 2.92. The lowest BCUT2D eigenvalue weighted by atomic mass is 9.53. The summed E-state index contributed by atoms with van der Waals surface area (Å²) in [5, 5.41) is 7.54. The highest BCUT2D eigenvalue weighted by molar-refractivity contribution is 5.93. The van der Waals surface area contributed by atoms with Gasteiger partial charge in [0.25, 0.3) is 5.91 Å². The number of hydrogen-bond donors (Lipinski definition) is 1. The molecule has 4 aliphatic carbocycles. The van der Waals surface area contributed by atoms with Crippen LogP contribution in [0.5, 0.6) is 0 Å². The van der Waals surface area contributed by atoms with Gasteiger partial charge in [0, 0.05) is 49.9 Å². The van der Waals surface area contributed by atoms with E-state index in [1.54, 1.807) is 6.07 Å². The molecule has 2 heterocycles. The Morgan fingerprint density at radius 2 is 1.42 bits per heavy atom. The van der Waals surface area contributed by atoms with Crippen LogP contribution >= 0.6 is 0 Å². The highest BCUT2D eigenvalue weighted by Crippen LogP contribution is 2.55. The molecule has 6 nitrogen and oxygen atoms in total. The SMILES string of the molecule is CN1CCN(Cc2ccc(-c3ccc(-c4cc(C(=O)NC56CC7CC(CC(C7)C5)C6)no4)cc3)cc2)CC1. The number of amides is 1. The van der Waals surface area contributed by atoms with Crippen molar-refractivity contribution in [2.75, 3.05) is 33.2 Å². The van der Waals surface area contributed by atoms with Crippen LogP contribution in [-0.4, -0.2) is 59.6 Å². The van der Waals surface area contributed by atoms with Crippen molar-refractivity contribution < 1.29 is 9.32 Å². The molecule has 5 aliphatic rings. The molecule has 4 saturated carbocycles. The number of likely N-dealkylation sites (N-methyl/N-ethyl adjacent to an activating group) is 1. The Kier molecular flexibility index (Phi) is 6.12. The minimum absolute atomic E-state index is 0.0212. The molecule has 4 bridgehead atoms. The van der Waals surface area contributed by atoms with Gasteiger partial charge in [0.05, 0.1) is 0 Å². The monoisotopic (exact) mass is 510 g/mol. The molecule has 6 heteroatoms. The van der Waals surface area contributed by atoms with Crippen molar-refractivity contribution in [3.8, 4) is 22.5 Å². The summed E-state index contributed by atoms with van der Waals surface area (Å²) in [5.41, 5.74) is 5.02.